The van der Waals surface area contributed by atoms with Gasteiger partial charge in [0.05, 0.1) is 22.2 Å². The maximum atomic E-state index is 12.5. The van der Waals surface area contributed by atoms with Crippen molar-refractivity contribution in [3.8, 4) is 0 Å². The molecular weight excluding hydrogens is 438 g/mol. The summed E-state index contributed by atoms with van der Waals surface area (Å²) in [5.74, 6) is 1.65. The fraction of sp³-hybridized carbons (Fsp3) is 0.370. The number of aryl methyl sites for hydroxylation is 1. The molecule has 8 nitrogen and oxygen atoms in total. The lowest BCUT2D eigenvalue weighted by Crippen LogP contribution is -2.40. The summed E-state index contributed by atoms with van der Waals surface area (Å²) in [6, 6.07) is 16.4. The van der Waals surface area contributed by atoms with E-state index < -0.39 is 0 Å². The Morgan fingerprint density at radius 2 is 1.57 bits per heavy atom. The molecule has 2 heterocycles. The van der Waals surface area contributed by atoms with Crippen LogP contribution in [0, 0.1) is 0 Å². The molecule has 0 saturated heterocycles. The average Bonchev–Trinajstić information content (AvgIpc) is 2.88. The Morgan fingerprint density at radius 1 is 0.886 bits per heavy atom. The topological polar surface area (TPSA) is 95.9 Å². The van der Waals surface area contributed by atoms with Crippen LogP contribution in [-0.2, 0) is 11.2 Å². The monoisotopic (exact) mass is 469 g/mol. The molecule has 1 saturated carbocycles. The summed E-state index contributed by atoms with van der Waals surface area (Å²) in [5, 5.41) is 7.78. The predicted octanol–water partition coefficient (Wildman–Crippen LogP) is 4.11. The Hall–Kier alpha value is -3.81. The first-order chi connectivity index (χ1) is 17.0. The van der Waals surface area contributed by atoms with Gasteiger partial charge >= 0.3 is 0 Å². The summed E-state index contributed by atoms with van der Waals surface area (Å²) in [5.41, 5.74) is 3.52. The molecule has 4 aromatic rings. The molecule has 180 valence electrons. The highest BCUT2D eigenvalue weighted by Gasteiger charge is 2.23. The molecule has 0 bridgehead atoms. The number of aromatic nitrogens is 4. The largest absolute Gasteiger partial charge is 0.362 e. The van der Waals surface area contributed by atoms with E-state index in [0.29, 0.717) is 24.8 Å². The van der Waals surface area contributed by atoms with Crippen molar-refractivity contribution in [1.29, 1.82) is 0 Å². The fourth-order valence-electron chi connectivity index (χ4n) is 4.69. The number of rotatable bonds is 7. The Morgan fingerprint density at radius 3 is 2.34 bits per heavy atom. The van der Waals surface area contributed by atoms with Crippen molar-refractivity contribution in [2.24, 2.45) is 0 Å². The Labute approximate surface area is 205 Å². The summed E-state index contributed by atoms with van der Waals surface area (Å²) in [6.07, 6.45) is 6.59. The first-order valence-electron chi connectivity index (χ1n) is 12.3. The van der Waals surface area contributed by atoms with Gasteiger partial charge in [-0.3, -0.25) is 9.78 Å². The summed E-state index contributed by atoms with van der Waals surface area (Å²) in [7, 11) is 4.00. The Bertz CT molecular complexity index is 1330. The molecule has 35 heavy (non-hydrogen) atoms. The van der Waals surface area contributed by atoms with Crippen LogP contribution in [0.15, 0.2) is 54.7 Å². The van der Waals surface area contributed by atoms with Crippen LogP contribution in [0.4, 0.5) is 11.8 Å². The normalized spacial score (nSPS) is 17.9. The number of para-hydroxylation sites is 3. The second-order valence-corrected chi connectivity index (χ2v) is 9.39. The van der Waals surface area contributed by atoms with Gasteiger partial charge < -0.3 is 15.5 Å². The third-order valence-corrected chi connectivity index (χ3v) is 6.54. The zero-order chi connectivity index (χ0) is 24.2. The third-order valence-electron chi connectivity index (χ3n) is 6.54. The van der Waals surface area contributed by atoms with Gasteiger partial charge in [0.15, 0.2) is 0 Å². The van der Waals surface area contributed by atoms with Crippen LogP contribution in [0.3, 0.4) is 0 Å². The average molecular weight is 470 g/mol. The van der Waals surface area contributed by atoms with Gasteiger partial charge in [0, 0.05) is 44.2 Å². The number of anilines is 2. The Balaban J connectivity index is 1.12. The number of hydrogen-bond acceptors (Lipinski definition) is 7. The first kappa shape index (κ1) is 23.0. The maximum Gasteiger partial charge on any atom is 0.225 e. The van der Waals surface area contributed by atoms with Crippen molar-refractivity contribution in [3.63, 3.8) is 0 Å². The van der Waals surface area contributed by atoms with Crippen molar-refractivity contribution in [1.82, 2.24) is 25.3 Å². The van der Waals surface area contributed by atoms with E-state index in [9.17, 15) is 4.79 Å². The van der Waals surface area contributed by atoms with Gasteiger partial charge in [0.2, 0.25) is 11.9 Å². The van der Waals surface area contributed by atoms with E-state index in [1.807, 2.05) is 61.5 Å². The van der Waals surface area contributed by atoms with E-state index in [0.717, 1.165) is 59.1 Å². The molecule has 0 radical (unpaired) electrons. The quantitative estimate of drug-likeness (QED) is 0.420. The molecule has 2 N–H and O–H groups in total. The lowest BCUT2D eigenvalue weighted by atomic mass is 9.91. The van der Waals surface area contributed by atoms with Gasteiger partial charge in [-0.1, -0.05) is 24.3 Å². The van der Waals surface area contributed by atoms with Crippen LogP contribution >= 0.6 is 0 Å². The highest BCUT2D eigenvalue weighted by Crippen LogP contribution is 2.26. The van der Waals surface area contributed by atoms with Crippen molar-refractivity contribution in [2.45, 2.75) is 50.6 Å². The number of fused-ring (bicyclic) bond motifs is 2. The minimum absolute atomic E-state index is 0.0739. The highest BCUT2D eigenvalue weighted by atomic mass is 16.1. The van der Waals surface area contributed by atoms with Crippen molar-refractivity contribution < 1.29 is 4.79 Å². The molecule has 0 unspecified atom stereocenters. The Kier molecular flexibility index (Phi) is 6.70. The van der Waals surface area contributed by atoms with Gasteiger partial charge in [0.1, 0.15) is 5.82 Å². The van der Waals surface area contributed by atoms with E-state index in [4.69, 9.17) is 9.97 Å². The number of amides is 1. The molecule has 1 fully saturated rings. The predicted molar refractivity (Wildman–Crippen MR) is 140 cm³/mol. The van der Waals surface area contributed by atoms with E-state index >= 15 is 0 Å². The van der Waals surface area contributed by atoms with Gasteiger partial charge in [-0.2, -0.15) is 4.98 Å². The molecule has 1 amide bonds. The summed E-state index contributed by atoms with van der Waals surface area (Å²) in [6.45, 7) is 0. The number of nitrogens with zero attached hydrogens (tertiary/aromatic N) is 5. The van der Waals surface area contributed by atoms with E-state index in [1.165, 1.54) is 0 Å². The summed E-state index contributed by atoms with van der Waals surface area (Å²) in [4.78, 5) is 33.1. The SMILES string of the molecule is CN(C)c1nc(NC2CCC(NC(=O)CCc3cnc4ccccc4n3)CC2)nc2ccccc12. The lowest BCUT2D eigenvalue weighted by Gasteiger charge is -2.30. The second kappa shape index (κ2) is 10.2. The smallest absolute Gasteiger partial charge is 0.225 e. The van der Waals surface area contributed by atoms with Crippen LogP contribution in [-0.4, -0.2) is 52.0 Å². The van der Waals surface area contributed by atoms with Gasteiger partial charge in [-0.25, -0.2) is 9.97 Å². The van der Waals surface area contributed by atoms with Crippen LogP contribution in [0.5, 0.6) is 0 Å². The van der Waals surface area contributed by atoms with Crippen LogP contribution in [0.25, 0.3) is 21.9 Å². The van der Waals surface area contributed by atoms with Crippen LogP contribution in [0.1, 0.15) is 37.8 Å². The summed E-state index contributed by atoms with van der Waals surface area (Å²) < 4.78 is 0. The lowest BCUT2D eigenvalue weighted by molar-refractivity contribution is -0.122. The number of carbonyl (C=O) groups is 1. The minimum Gasteiger partial charge on any atom is -0.362 e. The van der Waals surface area contributed by atoms with Crippen molar-refractivity contribution in [2.75, 3.05) is 24.3 Å². The second-order valence-electron chi connectivity index (χ2n) is 9.39. The number of hydrogen-bond donors (Lipinski definition) is 2. The fourth-order valence-corrected chi connectivity index (χ4v) is 4.69. The molecule has 5 rings (SSSR count). The zero-order valence-electron chi connectivity index (χ0n) is 20.2. The molecule has 2 aromatic carbocycles. The van der Waals surface area contributed by atoms with Gasteiger partial charge in [-0.05, 0) is 56.4 Å². The number of benzene rings is 2. The molecule has 0 atom stereocenters. The minimum atomic E-state index is 0.0739. The van der Waals surface area contributed by atoms with Crippen LogP contribution in [0.2, 0.25) is 0 Å². The molecule has 0 spiro atoms. The highest BCUT2D eigenvalue weighted by molar-refractivity contribution is 5.90. The standard InChI is InChI=1S/C27H31N7O/c1-34(2)26-21-7-3-4-8-22(21)32-27(33-26)31-19-13-11-18(12-14-19)30-25(35)16-15-20-17-28-23-9-5-6-10-24(23)29-20/h3-10,17-19H,11-16H2,1-2H3,(H,30,35)(H,31,32,33). The molecule has 8 heteroatoms. The van der Waals surface area contributed by atoms with Crippen LogP contribution < -0.4 is 15.5 Å². The molecule has 0 aliphatic heterocycles. The third kappa shape index (κ3) is 5.48. The first-order valence-corrected chi connectivity index (χ1v) is 12.3. The number of nitrogens with one attached hydrogen (secondary N) is 2. The van der Waals surface area contributed by atoms with E-state index in [2.05, 4.69) is 26.7 Å². The molecular formula is C27H31N7O. The molecule has 1 aliphatic carbocycles. The van der Waals surface area contributed by atoms with E-state index in [-0.39, 0.29) is 11.9 Å². The zero-order valence-corrected chi connectivity index (χ0v) is 20.2. The molecule has 2 aromatic heterocycles. The van der Waals surface area contributed by atoms with Crippen molar-refractivity contribution >= 4 is 39.6 Å². The van der Waals surface area contributed by atoms with Crippen molar-refractivity contribution in [3.05, 3.63) is 60.4 Å². The van der Waals surface area contributed by atoms with Gasteiger partial charge in [-0.15, -0.1) is 0 Å². The maximum absolute atomic E-state index is 12.5. The van der Waals surface area contributed by atoms with Gasteiger partial charge in [0.25, 0.3) is 0 Å². The molecule has 1 aliphatic rings. The number of carbonyl (C=O) groups excluding carboxylic acids is 1. The van der Waals surface area contributed by atoms with E-state index in [1.54, 1.807) is 6.20 Å². The summed E-state index contributed by atoms with van der Waals surface area (Å²) >= 11 is 0.